The molecular formula is C20H20N2O4S. The van der Waals surface area contributed by atoms with Crippen molar-refractivity contribution in [3.05, 3.63) is 65.7 Å². The number of nitrogens with one attached hydrogen (secondary N) is 1. The molecule has 0 spiro atoms. The molecule has 0 bridgehead atoms. The summed E-state index contributed by atoms with van der Waals surface area (Å²) in [6.07, 6.45) is 1.16. The van der Waals surface area contributed by atoms with E-state index in [1.165, 1.54) is 12.0 Å². The number of rotatable bonds is 7. The van der Waals surface area contributed by atoms with E-state index in [2.05, 4.69) is 5.32 Å². The van der Waals surface area contributed by atoms with Crippen molar-refractivity contribution in [2.24, 2.45) is 0 Å². The van der Waals surface area contributed by atoms with Gasteiger partial charge in [0.1, 0.15) is 0 Å². The smallest absolute Gasteiger partial charge is 0.286 e. The molecule has 1 N–H and O–H groups in total. The Balaban J connectivity index is 1.54. The molecule has 2 aromatic rings. The maximum absolute atomic E-state index is 11.8. The van der Waals surface area contributed by atoms with Gasteiger partial charge in [0.15, 0.2) is 5.75 Å². The van der Waals surface area contributed by atoms with Gasteiger partial charge in [-0.15, -0.1) is 0 Å². The van der Waals surface area contributed by atoms with Crippen LogP contribution in [0.3, 0.4) is 0 Å². The quantitative estimate of drug-likeness (QED) is 0.743. The standard InChI is InChI=1S/C20H20N2O4S/c1-14(23)22(26-17-5-3-2-4-6-17)12-11-15-7-9-16(10-8-15)13-18-19(24)21-20(25)27-18/h2-10,18H,11-13H2,1H3,(H,21,24,25). The molecule has 1 fully saturated rings. The second-order valence-electron chi connectivity index (χ2n) is 6.18. The van der Waals surface area contributed by atoms with E-state index in [1.807, 2.05) is 42.5 Å². The molecule has 7 heteroatoms. The van der Waals surface area contributed by atoms with Crippen LogP contribution in [0.2, 0.25) is 0 Å². The molecule has 2 aromatic carbocycles. The van der Waals surface area contributed by atoms with Crippen LogP contribution < -0.4 is 10.2 Å². The fourth-order valence-electron chi connectivity index (χ4n) is 2.69. The summed E-state index contributed by atoms with van der Waals surface area (Å²) in [6, 6.07) is 17.0. The highest BCUT2D eigenvalue weighted by atomic mass is 32.2. The average Bonchev–Trinajstić information content (AvgIpc) is 2.97. The molecular weight excluding hydrogens is 364 g/mol. The van der Waals surface area contributed by atoms with E-state index in [1.54, 1.807) is 12.1 Å². The van der Waals surface area contributed by atoms with Crippen molar-refractivity contribution in [1.82, 2.24) is 10.4 Å². The van der Waals surface area contributed by atoms with E-state index < -0.39 is 0 Å². The fourth-order valence-corrected chi connectivity index (χ4v) is 3.55. The molecule has 1 unspecified atom stereocenters. The van der Waals surface area contributed by atoms with Crippen molar-refractivity contribution in [2.75, 3.05) is 6.54 Å². The molecule has 1 heterocycles. The van der Waals surface area contributed by atoms with Crippen LogP contribution in [-0.4, -0.2) is 33.9 Å². The van der Waals surface area contributed by atoms with Crippen LogP contribution in [0.15, 0.2) is 54.6 Å². The van der Waals surface area contributed by atoms with Gasteiger partial charge in [0, 0.05) is 6.92 Å². The van der Waals surface area contributed by atoms with Crippen LogP contribution >= 0.6 is 11.8 Å². The van der Waals surface area contributed by atoms with Crippen LogP contribution in [0.1, 0.15) is 18.1 Å². The van der Waals surface area contributed by atoms with Crippen LogP contribution in [0.25, 0.3) is 0 Å². The fraction of sp³-hybridized carbons (Fsp3) is 0.250. The van der Waals surface area contributed by atoms with Gasteiger partial charge in [-0.25, -0.2) is 0 Å². The zero-order chi connectivity index (χ0) is 19.2. The Hall–Kier alpha value is -2.80. The van der Waals surface area contributed by atoms with Crippen molar-refractivity contribution >= 4 is 28.8 Å². The first-order valence-corrected chi connectivity index (χ1v) is 9.49. The molecule has 0 saturated carbocycles. The summed E-state index contributed by atoms with van der Waals surface area (Å²) in [5, 5.41) is 2.98. The van der Waals surface area contributed by atoms with Gasteiger partial charge in [0.25, 0.3) is 11.1 Å². The lowest BCUT2D eigenvalue weighted by molar-refractivity contribution is -0.154. The third kappa shape index (κ3) is 5.34. The normalized spacial score (nSPS) is 16.1. The molecule has 3 rings (SSSR count). The van der Waals surface area contributed by atoms with Gasteiger partial charge in [0.2, 0.25) is 5.91 Å². The van der Waals surface area contributed by atoms with Gasteiger partial charge in [-0.2, -0.15) is 5.06 Å². The molecule has 27 heavy (non-hydrogen) atoms. The summed E-state index contributed by atoms with van der Waals surface area (Å²) in [6.45, 7) is 1.90. The Bertz CT molecular complexity index is 824. The van der Waals surface area contributed by atoms with Gasteiger partial charge in [-0.05, 0) is 36.1 Å². The predicted molar refractivity (Wildman–Crippen MR) is 103 cm³/mol. The van der Waals surface area contributed by atoms with Crippen LogP contribution in [0.4, 0.5) is 4.79 Å². The number of hydrogen-bond acceptors (Lipinski definition) is 5. The minimum Gasteiger partial charge on any atom is -0.377 e. The Labute approximate surface area is 161 Å². The van der Waals surface area contributed by atoms with Crippen molar-refractivity contribution < 1.29 is 19.2 Å². The van der Waals surface area contributed by atoms with Crippen molar-refractivity contribution in [3.8, 4) is 5.75 Å². The van der Waals surface area contributed by atoms with Crippen LogP contribution in [0, 0.1) is 0 Å². The Kier molecular flexibility index (Phi) is 6.13. The van der Waals surface area contributed by atoms with Gasteiger partial charge in [0.05, 0.1) is 11.8 Å². The highest BCUT2D eigenvalue weighted by molar-refractivity contribution is 8.15. The Morgan fingerprint density at radius 2 is 1.74 bits per heavy atom. The summed E-state index contributed by atoms with van der Waals surface area (Å²) in [5.41, 5.74) is 2.05. The van der Waals surface area contributed by atoms with Crippen molar-refractivity contribution in [3.63, 3.8) is 0 Å². The number of benzene rings is 2. The van der Waals surface area contributed by atoms with E-state index in [4.69, 9.17) is 4.84 Å². The number of hydrogen-bond donors (Lipinski definition) is 1. The van der Waals surface area contributed by atoms with Gasteiger partial charge in [-0.1, -0.05) is 54.2 Å². The first kappa shape index (κ1) is 19.0. The number of nitrogens with zero attached hydrogens (tertiary/aromatic N) is 1. The topological polar surface area (TPSA) is 75.7 Å². The minimum atomic E-state index is -0.365. The van der Waals surface area contributed by atoms with Crippen LogP contribution in [-0.2, 0) is 22.4 Å². The molecule has 0 aromatic heterocycles. The van der Waals surface area contributed by atoms with E-state index >= 15 is 0 Å². The lowest BCUT2D eigenvalue weighted by Gasteiger charge is -2.21. The molecule has 0 aliphatic carbocycles. The Morgan fingerprint density at radius 3 is 2.33 bits per heavy atom. The maximum atomic E-state index is 11.8. The zero-order valence-electron chi connectivity index (χ0n) is 14.9. The molecule has 1 aliphatic rings. The largest absolute Gasteiger partial charge is 0.377 e. The van der Waals surface area contributed by atoms with E-state index in [0.717, 1.165) is 22.9 Å². The molecule has 0 radical (unpaired) electrons. The SMILES string of the molecule is CC(=O)N(CCc1ccc(CC2SC(=O)NC2=O)cc1)Oc1ccccc1. The number of imide groups is 1. The number of thioether (sulfide) groups is 1. The second kappa shape index (κ2) is 8.73. The number of amides is 3. The average molecular weight is 384 g/mol. The number of carbonyl (C=O) groups excluding carboxylic acids is 3. The third-order valence-electron chi connectivity index (χ3n) is 4.12. The summed E-state index contributed by atoms with van der Waals surface area (Å²) < 4.78 is 0. The monoisotopic (exact) mass is 384 g/mol. The van der Waals surface area contributed by atoms with E-state index in [9.17, 15) is 14.4 Å². The van der Waals surface area contributed by atoms with E-state index in [0.29, 0.717) is 25.1 Å². The highest BCUT2D eigenvalue weighted by Gasteiger charge is 2.31. The summed E-state index contributed by atoms with van der Waals surface area (Å²) in [7, 11) is 0. The minimum absolute atomic E-state index is 0.163. The molecule has 6 nitrogen and oxygen atoms in total. The zero-order valence-corrected chi connectivity index (χ0v) is 15.7. The van der Waals surface area contributed by atoms with Gasteiger partial charge >= 0.3 is 0 Å². The molecule has 1 aliphatic heterocycles. The molecule has 140 valence electrons. The molecule has 1 saturated heterocycles. The maximum Gasteiger partial charge on any atom is 0.286 e. The summed E-state index contributed by atoms with van der Waals surface area (Å²) >= 11 is 1.03. The third-order valence-corrected chi connectivity index (χ3v) is 5.11. The number of hydroxylamine groups is 2. The predicted octanol–water partition coefficient (Wildman–Crippen LogP) is 2.97. The number of carbonyl (C=O) groups is 3. The lowest BCUT2D eigenvalue weighted by Crippen LogP contribution is -2.34. The first-order valence-electron chi connectivity index (χ1n) is 8.61. The van der Waals surface area contributed by atoms with Crippen molar-refractivity contribution in [2.45, 2.75) is 25.0 Å². The molecule has 3 amide bonds. The summed E-state index contributed by atoms with van der Waals surface area (Å²) in [5.74, 6) is 0.221. The second-order valence-corrected chi connectivity index (χ2v) is 7.35. The van der Waals surface area contributed by atoms with Crippen LogP contribution in [0.5, 0.6) is 5.75 Å². The molecule has 1 atom stereocenters. The highest BCUT2D eigenvalue weighted by Crippen LogP contribution is 2.23. The Morgan fingerprint density at radius 1 is 1.07 bits per heavy atom. The van der Waals surface area contributed by atoms with E-state index in [-0.39, 0.29) is 22.3 Å². The number of para-hydroxylation sites is 1. The van der Waals surface area contributed by atoms with Gasteiger partial charge in [-0.3, -0.25) is 19.7 Å². The summed E-state index contributed by atoms with van der Waals surface area (Å²) in [4.78, 5) is 40.3. The van der Waals surface area contributed by atoms with Crippen molar-refractivity contribution in [1.29, 1.82) is 0 Å². The van der Waals surface area contributed by atoms with Gasteiger partial charge < -0.3 is 4.84 Å². The first-order chi connectivity index (χ1) is 13.0. The lowest BCUT2D eigenvalue weighted by atomic mass is 10.1.